The van der Waals surface area contributed by atoms with E-state index in [1.54, 1.807) is 0 Å². The molecule has 0 fully saturated rings. The van der Waals surface area contributed by atoms with Gasteiger partial charge in [0, 0.05) is 6.61 Å². The molecule has 0 aromatic rings. The van der Waals surface area contributed by atoms with Gasteiger partial charge in [-0.05, 0) is 46.5 Å². The van der Waals surface area contributed by atoms with Crippen LogP contribution in [0.15, 0.2) is 11.8 Å². The molecule has 0 aromatic heterocycles. The Kier molecular flexibility index (Phi) is 18.3. The van der Waals surface area contributed by atoms with Crippen LogP contribution in [-0.2, 0) is 4.79 Å². The fraction of sp³-hybridized carbons (Fsp3) is 0.700. The van der Waals surface area contributed by atoms with Crippen molar-refractivity contribution in [2.24, 2.45) is 0 Å². The first-order valence-corrected chi connectivity index (χ1v) is 4.79. The van der Waals surface area contributed by atoms with Gasteiger partial charge in [0.2, 0.25) is 0 Å². The van der Waals surface area contributed by atoms with Crippen LogP contribution in [-0.4, -0.2) is 53.4 Å². The van der Waals surface area contributed by atoms with E-state index in [-0.39, 0.29) is 12.4 Å². The van der Waals surface area contributed by atoms with Gasteiger partial charge in [0.05, 0.1) is 0 Å². The fourth-order valence-electron chi connectivity index (χ4n) is 0.663. The minimum absolute atomic E-state index is 0. The van der Waals surface area contributed by atoms with Crippen molar-refractivity contribution < 1.29 is 20.1 Å². The van der Waals surface area contributed by atoms with Crippen molar-refractivity contribution >= 4 is 18.4 Å². The van der Waals surface area contributed by atoms with E-state index in [9.17, 15) is 4.79 Å². The number of nitrogens with zero attached hydrogens (tertiary/aromatic N) is 1. The van der Waals surface area contributed by atoms with Crippen LogP contribution in [0.2, 0.25) is 0 Å². The lowest BCUT2D eigenvalue weighted by atomic mass is 10.3. The lowest BCUT2D eigenvalue weighted by Gasteiger charge is -2.06. The van der Waals surface area contributed by atoms with E-state index in [1.165, 1.54) is 6.92 Å². The van der Waals surface area contributed by atoms with E-state index < -0.39 is 11.7 Å². The first-order chi connectivity index (χ1) is 6.95. The maximum atomic E-state index is 9.61. The Balaban J connectivity index is -0.000000200. The lowest BCUT2D eigenvalue weighted by molar-refractivity contribution is -0.135. The Hall–Kier alpha value is -0.780. The Morgan fingerprint density at radius 1 is 1.25 bits per heavy atom. The van der Waals surface area contributed by atoms with E-state index >= 15 is 0 Å². The molecule has 5 nitrogen and oxygen atoms in total. The highest BCUT2D eigenvalue weighted by atomic mass is 35.5. The predicted octanol–water partition coefficient (Wildman–Crippen LogP) is 1.28. The SMILES string of the molecule is CC=C(O)C(=O)O.CN(C)CCCCO.Cl. The third kappa shape index (κ3) is 18.9. The molecule has 0 aliphatic carbocycles. The van der Waals surface area contributed by atoms with Gasteiger partial charge in [-0.15, -0.1) is 12.4 Å². The second kappa shape index (κ2) is 14.2. The van der Waals surface area contributed by atoms with E-state index in [0.29, 0.717) is 6.61 Å². The molecule has 0 heterocycles. The summed E-state index contributed by atoms with van der Waals surface area (Å²) in [7, 11) is 4.08. The third-order valence-corrected chi connectivity index (χ3v) is 1.51. The molecule has 0 spiro atoms. The minimum atomic E-state index is -1.29. The molecule has 0 aromatic carbocycles. The molecule has 3 N–H and O–H groups in total. The number of aliphatic carboxylic acids is 1. The number of carboxylic acid groups (broad SMARTS) is 1. The summed E-state index contributed by atoms with van der Waals surface area (Å²) < 4.78 is 0. The molecule has 0 saturated carbocycles. The fourth-order valence-corrected chi connectivity index (χ4v) is 0.663. The summed E-state index contributed by atoms with van der Waals surface area (Å²) in [4.78, 5) is 11.7. The Bertz CT molecular complexity index is 195. The van der Waals surface area contributed by atoms with Crippen molar-refractivity contribution in [3.8, 4) is 0 Å². The minimum Gasteiger partial charge on any atom is -0.502 e. The summed E-state index contributed by atoms with van der Waals surface area (Å²) in [6, 6.07) is 0. The highest BCUT2D eigenvalue weighted by Gasteiger charge is 1.97. The molecular weight excluding hydrogens is 234 g/mol. The molecule has 0 aliphatic heterocycles. The molecule has 0 rings (SSSR count). The Morgan fingerprint density at radius 2 is 1.75 bits per heavy atom. The molecule has 0 atom stereocenters. The number of carboxylic acids is 1. The Labute approximate surface area is 103 Å². The number of hydrogen-bond acceptors (Lipinski definition) is 4. The molecule has 0 aliphatic rings. The van der Waals surface area contributed by atoms with Crippen molar-refractivity contribution in [3.63, 3.8) is 0 Å². The standard InChI is InChI=1S/C6H15NO.C4H6O3.ClH/c1-7(2)5-3-4-6-8;1-2-3(5)4(6)7;/h8H,3-6H2,1-2H3;2,5H,1H3,(H,6,7);1H. The zero-order chi connectivity index (χ0) is 12.3. The van der Waals surface area contributed by atoms with Gasteiger partial charge < -0.3 is 20.2 Å². The van der Waals surface area contributed by atoms with Crippen molar-refractivity contribution in [1.82, 2.24) is 4.90 Å². The maximum Gasteiger partial charge on any atom is 0.370 e. The number of aliphatic hydroxyl groups excluding tert-OH is 2. The molecule has 0 amide bonds. The van der Waals surface area contributed by atoms with Crippen LogP contribution in [0.1, 0.15) is 19.8 Å². The predicted molar refractivity (Wildman–Crippen MR) is 66.1 cm³/mol. The van der Waals surface area contributed by atoms with Crippen molar-refractivity contribution in [3.05, 3.63) is 11.8 Å². The number of rotatable bonds is 5. The summed E-state index contributed by atoms with van der Waals surface area (Å²) in [5.41, 5.74) is 0. The van der Waals surface area contributed by atoms with Gasteiger partial charge in [-0.25, -0.2) is 4.79 Å². The quantitative estimate of drug-likeness (QED) is 0.392. The van der Waals surface area contributed by atoms with Crippen molar-refractivity contribution in [1.29, 1.82) is 0 Å². The average molecular weight is 256 g/mol. The van der Waals surface area contributed by atoms with Crippen LogP contribution < -0.4 is 0 Å². The number of aliphatic hydroxyl groups is 2. The summed E-state index contributed by atoms with van der Waals surface area (Å²) in [5, 5.41) is 24.4. The highest BCUT2D eigenvalue weighted by molar-refractivity contribution is 5.85. The number of hydrogen-bond donors (Lipinski definition) is 3. The van der Waals surface area contributed by atoms with E-state index in [4.69, 9.17) is 15.3 Å². The van der Waals surface area contributed by atoms with E-state index in [1.807, 2.05) is 14.1 Å². The zero-order valence-electron chi connectivity index (χ0n) is 10.0. The molecule has 98 valence electrons. The van der Waals surface area contributed by atoms with Crippen LogP contribution in [0.3, 0.4) is 0 Å². The van der Waals surface area contributed by atoms with Crippen molar-refractivity contribution in [2.75, 3.05) is 27.2 Å². The van der Waals surface area contributed by atoms with Crippen molar-refractivity contribution in [2.45, 2.75) is 19.8 Å². The Morgan fingerprint density at radius 3 is 1.94 bits per heavy atom. The highest BCUT2D eigenvalue weighted by Crippen LogP contribution is 1.87. The topological polar surface area (TPSA) is 81.0 Å². The maximum absolute atomic E-state index is 9.61. The summed E-state index contributed by atoms with van der Waals surface area (Å²) >= 11 is 0. The summed E-state index contributed by atoms with van der Waals surface area (Å²) in [6.07, 6.45) is 3.14. The smallest absolute Gasteiger partial charge is 0.370 e. The third-order valence-electron chi connectivity index (χ3n) is 1.51. The van der Waals surface area contributed by atoms with E-state index in [0.717, 1.165) is 25.5 Å². The molecule has 16 heavy (non-hydrogen) atoms. The summed E-state index contributed by atoms with van der Waals surface area (Å²) in [5.74, 6) is -1.90. The molecule has 0 unspecified atom stereocenters. The van der Waals surface area contributed by atoms with Gasteiger partial charge in [0.25, 0.3) is 0 Å². The number of allylic oxidation sites excluding steroid dienone is 1. The first-order valence-electron chi connectivity index (χ1n) is 4.79. The molecule has 0 radical (unpaired) electrons. The van der Waals surface area contributed by atoms with Crippen LogP contribution in [0.5, 0.6) is 0 Å². The van der Waals surface area contributed by atoms with Crippen LogP contribution >= 0.6 is 12.4 Å². The monoisotopic (exact) mass is 255 g/mol. The summed E-state index contributed by atoms with van der Waals surface area (Å²) in [6.45, 7) is 2.86. The molecule has 0 bridgehead atoms. The molecule has 0 saturated heterocycles. The molecule has 6 heteroatoms. The average Bonchev–Trinajstić information content (AvgIpc) is 2.17. The zero-order valence-corrected chi connectivity index (χ0v) is 10.8. The lowest BCUT2D eigenvalue weighted by Crippen LogP contribution is -2.12. The van der Waals surface area contributed by atoms with Gasteiger partial charge in [-0.2, -0.15) is 0 Å². The van der Waals surface area contributed by atoms with Crippen LogP contribution in [0.25, 0.3) is 0 Å². The number of unbranched alkanes of at least 4 members (excludes halogenated alkanes) is 1. The normalized spacial score (nSPS) is 10.2. The second-order valence-electron chi connectivity index (χ2n) is 3.21. The van der Waals surface area contributed by atoms with E-state index in [2.05, 4.69) is 4.90 Å². The molecular formula is C10H22ClNO4. The first kappa shape index (κ1) is 20.6. The second-order valence-corrected chi connectivity index (χ2v) is 3.21. The van der Waals surface area contributed by atoms with Gasteiger partial charge in [-0.3, -0.25) is 0 Å². The van der Waals surface area contributed by atoms with Gasteiger partial charge in [0.1, 0.15) is 0 Å². The van der Waals surface area contributed by atoms with Gasteiger partial charge in [0.15, 0.2) is 5.76 Å². The van der Waals surface area contributed by atoms with Crippen LogP contribution in [0, 0.1) is 0 Å². The number of halogens is 1. The largest absolute Gasteiger partial charge is 0.502 e. The van der Waals surface area contributed by atoms with Gasteiger partial charge >= 0.3 is 5.97 Å². The number of carbonyl (C=O) groups is 1. The van der Waals surface area contributed by atoms with Crippen LogP contribution in [0.4, 0.5) is 0 Å². The van der Waals surface area contributed by atoms with Gasteiger partial charge in [-0.1, -0.05) is 0 Å².